The molecule has 2 N–H and O–H groups in total. The third kappa shape index (κ3) is 7.42. The number of carboxylic acids is 2. The number of hydrogen-bond acceptors (Lipinski definition) is 10. The Bertz CT molecular complexity index is 1470. The third-order valence-electron chi connectivity index (χ3n) is 6.39. The first kappa shape index (κ1) is 29.6. The van der Waals surface area contributed by atoms with Gasteiger partial charge in [-0.25, -0.2) is 4.98 Å². The summed E-state index contributed by atoms with van der Waals surface area (Å²) in [6.07, 6.45) is -0.0464. The van der Waals surface area contributed by atoms with Gasteiger partial charge in [0.1, 0.15) is 0 Å². The van der Waals surface area contributed by atoms with Crippen LogP contribution in [0, 0.1) is 0 Å². The number of fused-ring (bicyclic) bond motifs is 2. The molecule has 12 nitrogen and oxygen atoms in total. The smallest absolute Gasteiger partial charge is 0.303 e. The highest BCUT2D eigenvalue weighted by Crippen LogP contribution is 2.36. The Morgan fingerprint density at radius 2 is 1.46 bits per heavy atom. The molecule has 1 aliphatic heterocycles. The topological polar surface area (TPSA) is 162 Å². The van der Waals surface area contributed by atoms with Gasteiger partial charge in [-0.1, -0.05) is 0 Å². The van der Waals surface area contributed by atoms with Crippen LogP contribution in [0.1, 0.15) is 52.9 Å². The molecule has 0 atom stereocenters. The zero-order valence-electron chi connectivity index (χ0n) is 22.6. The highest BCUT2D eigenvalue weighted by atomic mass is 32.1. The van der Waals surface area contributed by atoms with E-state index in [1.165, 1.54) is 25.6 Å². The molecule has 0 radical (unpaired) electrons. The number of benzene rings is 1. The van der Waals surface area contributed by atoms with Crippen molar-refractivity contribution in [3.63, 3.8) is 0 Å². The zero-order valence-corrected chi connectivity index (χ0v) is 23.5. The standard InChI is InChI=1S/C28H30N2O10S/c1-37-20-10-16-14-30(25(32)5-7-27(35)36)15-17(16)11-21(20)39-8-3-9-40-22-13-23-18(29-28(22)38-2)12-24(41-23)19(31)4-6-26(33)34/h10-13H,3-9,14-15H2,1-2H3,(H,33,34)(H,35,36). The van der Waals surface area contributed by atoms with E-state index in [0.717, 1.165) is 11.1 Å². The van der Waals surface area contributed by atoms with Crippen molar-refractivity contribution in [3.8, 4) is 23.1 Å². The van der Waals surface area contributed by atoms with Crippen LogP contribution in [0.4, 0.5) is 0 Å². The van der Waals surface area contributed by atoms with Gasteiger partial charge >= 0.3 is 11.9 Å². The zero-order chi connectivity index (χ0) is 29.5. The molecule has 41 heavy (non-hydrogen) atoms. The molecule has 3 heterocycles. The van der Waals surface area contributed by atoms with E-state index in [1.807, 2.05) is 12.1 Å². The summed E-state index contributed by atoms with van der Waals surface area (Å²) < 4.78 is 23.4. The summed E-state index contributed by atoms with van der Waals surface area (Å²) in [5.74, 6) is -0.756. The summed E-state index contributed by atoms with van der Waals surface area (Å²) in [6.45, 7) is 1.37. The van der Waals surface area contributed by atoms with Crippen LogP contribution in [0.25, 0.3) is 10.2 Å². The van der Waals surface area contributed by atoms with Crippen molar-refractivity contribution in [2.75, 3.05) is 27.4 Å². The minimum atomic E-state index is -1.03. The van der Waals surface area contributed by atoms with Gasteiger partial charge in [0, 0.05) is 38.4 Å². The van der Waals surface area contributed by atoms with Crippen LogP contribution in [-0.2, 0) is 27.5 Å². The Morgan fingerprint density at radius 3 is 2.10 bits per heavy atom. The highest BCUT2D eigenvalue weighted by Gasteiger charge is 2.26. The predicted octanol–water partition coefficient (Wildman–Crippen LogP) is 3.92. The van der Waals surface area contributed by atoms with E-state index in [9.17, 15) is 19.2 Å². The fourth-order valence-corrected chi connectivity index (χ4v) is 5.31. The molecule has 2 aromatic heterocycles. The Balaban J connectivity index is 1.33. The third-order valence-corrected chi connectivity index (χ3v) is 7.50. The van der Waals surface area contributed by atoms with Gasteiger partial charge in [0.05, 0.1) is 55.4 Å². The van der Waals surface area contributed by atoms with E-state index < -0.39 is 11.9 Å². The van der Waals surface area contributed by atoms with Crippen molar-refractivity contribution < 1.29 is 48.3 Å². The number of ketones is 1. The van der Waals surface area contributed by atoms with Crippen LogP contribution in [-0.4, -0.2) is 71.2 Å². The molecule has 3 aromatic rings. The maximum absolute atomic E-state index is 12.4. The largest absolute Gasteiger partial charge is 0.493 e. The summed E-state index contributed by atoms with van der Waals surface area (Å²) >= 11 is 1.22. The first-order chi connectivity index (χ1) is 19.7. The van der Waals surface area contributed by atoms with Crippen molar-refractivity contribution in [3.05, 3.63) is 40.3 Å². The normalized spacial score (nSPS) is 12.2. The number of carbonyl (C=O) groups excluding carboxylic acids is 2. The molecule has 0 saturated carbocycles. The number of thiophene rings is 1. The van der Waals surface area contributed by atoms with Gasteiger partial charge in [-0.3, -0.25) is 19.2 Å². The average Bonchev–Trinajstić information content (AvgIpc) is 3.56. The molecule has 0 spiro atoms. The summed E-state index contributed by atoms with van der Waals surface area (Å²) in [6, 6.07) is 7.04. The maximum atomic E-state index is 12.4. The number of ether oxygens (including phenoxy) is 4. The van der Waals surface area contributed by atoms with Crippen molar-refractivity contribution in [2.24, 2.45) is 0 Å². The number of Topliss-reactive ketones (excluding diaryl/α,β-unsaturated/α-hetero) is 1. The van der Waals surface area contributed by atoms with Crippen LogP contribution in [0.3, 0.4) is 0 Å². The van der Waals surface area contributed by atoms with Gasteiger partial charge in [0.15, 0.2) is 23.0 Å². The van der Waals surface area contributed by atoms with Crippen LogP contribution in [0.5, 0.6) is 23.1 Å². The second-order valence-electron chi connectivity index (χ2n) is 9.27. The first-order valence-corrected chi connectivity index (χ1v) is 13.7. The fourth-order valence-electron chi connectivity index (χ4n) is 4.31. The number of carboxylic acid groups (broad SMARTS) is 2. The summed E-state index contributed by atoms with van der Waals surface area (Å²) in [7, 11) is 3.00. The molecule has 0 aliphatic carbocycles. The number of carbonyl (C=O) groups is 4. The molecule has 218 valence electrons. The number of aliphatic carboxylic acids is 2. The van der Waals surface area contributed by atoms with Crippen molar-refractivity contribution >= 4 is 45.2 Å². The van der Waals surface area contributed by atoms with Crippen molar-refractivity contribution in [2.45, 2.75) is 45.2 Å². The molecule has 0 unspecified atom stereocenters. The average molecular weight is 587 g/mol. The molecule has 0 fully saturated rings. The van der Waals surface area contributed by atoms with Gasteiger partial charge in [-0.15, -0.1) is 11.3 Å². The van der Waals surface area contributed by atoms with Crippen molar-refractivity contribution in [1.82, 2.24) is 9.88 Å². The van der Waals surface area contributed by atoms with Crippen LogP contribution < -0.4 is 18.9 Å². The Morgan fingerprint density at radius 1 is 0.829 bits per heavy atom. The number of methoxy groups -OCH3 is 2. The molecule has 4 rings (SSSR count). The summed E-state index contributed by atoms with van der Waals surface area (Å²) in [5.41, 5.74) is 2.41. The molecule has 13 heteroatoms. The first-order valence-electron chi connectivity index (χ1n) is 12.9. The van der Waals surface area contributed by atoms with E-state index in [1.54, 1.807) is 17.0 Å². The molecular formula is C28H30N2O10S. The fraction of sp³-hybridized carbons (Fsp3) is 0.393. The lowest BCUT2D eigenvalue weighted by atomic mass is 10.1. The van der Waals surface area contributed by atoms with Gasteiger partial charge in [-0.05, 0) is 29.3 Å². The monoisotopic (exact) mass is 586 g/mol. The van der Waals surface area contributed by atoms with Crippen molar-refractivity contribution in [1.29, 1.82) is 0 Å². The summed E-state index contributed by atoms with van der Waals surface area (Å²) in [5, 5.41) is 17.7. The Hall–Kier alpha value is -4.39. The molecule has 1 amide bonds. The van der Waals surface area contributed by atoms with Gasteiger partial charge < -0.3 is 34.1 Å². The number of amides is 1. The van der Waals surface area contributed by atoms with E-state index in [4.69, 9.17) is 29.2 Å². The summed E-state index contributed by atoms with van der Waals surface area (Å²) in [4.78, 5) is 52.7. The number of pyridine rings is 1. The quantitative estimate of drug-likeness (QED) is 0.196. The highest BCUT2D eigenvalue weighted by molar-refractivity contribution is 7.20. The van der Waals surface area contributed by atoms with Crippen LogP contribution in [0.15, 0.2) is 24.3 Å². The number of aromatic nitrogens is 1. The number of nitrogens with zero attached hydrogens (tertiary/aromatic N) is 2. The molecule has 0 saturated heterocycles. The molecule has 0 bridgehead atoms. The molecule has 1 aromatic carbocycles. The molecule has 1 aliphatic rings. The van der Waals surface area contributed by atoms with E-state index >= 15 is 0 Å². The minimum absolute atomic E-state index is 0.0460. The van der Waals surface area contributed by atoms with Crippen LogP contribution >= 0.6 is 11.3 Å². The second-order valence-corrected chi connectivity index (χ2v) is 10.4. The van der Waals surface area contributed by atoms with Gasteiger partial charge in [0.25, 0.3) is 5.88 Å². The van der Waals surface area contributed by atoms with E-state index in [0.29, 0.717) is 65.1 Å². The Labute approximate surface area is 239 Å². The maximum Gasteiger partial charge on any atom is 0.303 e. The van der Waals surface area contributed by atoms with E-state index in [2.05, 4.69) is 4.98 Å². The van der Waals surface area contributed by atoms with E-state index in [-0.39, 0.29) is 43.3 Å². The lowest BCUT2D eigenvalue weighted by Gasteiger charge is -2.14. The number of rotatable bonds is 15. The molecular weight excluding hydrogens is 556 g/mol. The minimum Gasteiger partial charge on any atom is -0.493 e. The lowest BCUT2D eigenvalue weighted by Crippen LogP contribution is -2.25. The van der Waals surface area contributed by atoms with Crippen LogP contribution in [0.2, 0.25) is 0 Å². The SMILES string of the molecule is COc1cc2c(cc1OCCCOc1cc3sc(C(=O)CCC(=O)O)cc3nc1OC)CN(C(=O)CCC(=O)O)C2. The predicted molar refractivity (Wildman–Crippen MR) is 147 cm³/mol. The van der Waals surface area contributed by atoms with Gasteiger partial charge in [-0.2, -0.15) is 0 Å². The Kier molecular flexibility index (Phi) is 9.61. The second kappa shape index (κ2) is 13.3. The van der Waals surface area contributed by atoms with Gasteiger partial charge in [0.2, 0.25) is 5.91 Å². The lowest BCUT2D eigenvalue weighted by molar-refractivity contribution is -0.141. The number of hydrogen-bond donors (Lipinski definition) is 2.